The second kappa shape index (κ2) is 10.7. The van der Waals surface area contributed by atoms with Gasteiger partial charge in [-0.25, -0.2) is 9.97 Å². The molecule has 0 saturated heterocycles. The monoisotopic (exact) mass is 382 g/mol. The Morgan fingerprint density at radius 2 is 1.61 bits per heavy atom. The van der Waals surface area contributed by atoms with Crippen molar-refractivity contribution in [3.63, 3.8) is 0 Å². The highest BCUT2D eigenvalue weighted by molar-refractivity contribution is 5.55. The molecule has 0 radical (unpaired) electrons. The van der Waals surface area contributed by atoms with Crippen LogP contribution in [0.3, 0.4) is 0 Å². The van der Waals surface area contributed by atoms with Crippen LogP contribution in [0.25, 0.3) is 11.4 Å². The Kier molecular flexibility index (Phi) is 8.00. The number of aryl methyl sites for hydroxylation is 1. The average Bonchev–Trinajstić information content (AvgIpc) is 2.75. The SMILES string of the molecule is CCCCCc1cnc(-c2ccc(C3(CCCCF)CCCCC3)cc2)nc1. The van der Waals surface area contributed by atoms with Crippen LogP contribution >= 0.6 is 0 Å². The van der Waals surface area contributed by atoms with E-state index in [0.29, 0.717) is 6.42 Å². The highest BCUT2D eigenvalue weighted by Gasteiger charge is 2.33. The Morgan fingerprint density at radius 1 is 0.893 bits per heavy atom. The summed E-state index contributed by atoms with van der Waals surface area (Å²) in [7, 11) is 0. The number of halogens is 1. The van der Waals surface area contributed by atoms with Crippen molar-refractivity contribution in [3.05, 3.63) is 47.8 Å². The molecule has 0 amide bonds. The van der Waals surface area contributed by atoms with E-state index in [9.17, 15) is 4.39 Å². The van der Waals surface area contributed by atoms with Gasteiger partial charge in [0.25, 0.3) is 0 Å². The summed E-state index contributed by atoms with van der Waals surface area (Å²) in [6.45, 7) is 2.03. The van der Waals surface area contributed by atoms with Crippen LogP contribution in [-0.4, -0.2) is 16.6 Å². The molecule has 0 spiro atoms. The Balaban J connectivity index is 1.70. The third-order valence-corrected chi connectivity index (χ3v) is 6.38. The number of unbranched alkanes of at least 4 members (excludes halogenated alkanes) is 3. The molecule has 0 atom stereocenters. The first-order chi connectivity index (χ1) is 13.8. The summed E-state index contributed by atoms with van der Waals surface area (Å²) in [6.07, 6.45) is 17.9. The minimum Gasteiger partial charge on any atom is -0.251 e. The minimum atomic E-state index is -0.194. The van der Waals surface area contributed by atoms with E-state index < -0.39 is 0 Å². The average molecular weight is 383 g/mol. The summed E-state index contributed by atoms with van der Waals surface area (Å²) >= 11 is 0. The van der Waals surface area contributed by atoms with Crippen LogP contribution in [-0.2, 0) is 11.8 Å². The first-order valence-electron chi connectivity index (χ1n) is 11.3. The zero-order valence-corrected chi connectivity index (χ0v) is 17.4. The fourth-order valence-electron chi connectivity index (χ4n) is 4.65. The second-order valence-electron chi connectivity index (χ2n) is 8.44. The van der Waals surface area contributed by atoms with Crippen LogP contribution in [0.2, 0.25) is 0 Å². The molecule has 1 aliphatic rings. The van der Waals surface area contributed by atoms with E-state index in [1.807, 2.05) is 12.4 Å². The standard InChI is InChI=1S/C25H35FN2/c1-2-3-5-10-21-19-27-24(28-20-21)22-11-13-23(14-12-22)25(17-8-9-18-26)15-6-4-7-16-25/h11-14,19-20H,2-10,15-18H2,1H3. The Labute approximate surface area is 170 Å². The van der Waals surface area contributed by atoms with Crippen LogP contribution in [0.5, 0.6) is 0 Å². The van der Waals surface area contributed by atoms with Crippen molar-refractivity contribution < 1.29 is 4.39 Å². The lowest BCUT2D eigenvalue weighted by molar-refractivity contribution is 0.262. The third kappa shape index (κ3) is 5.40. The molecule has 0 N–H and O–H groups in total. The maximum atomic E-state index is 12.6. The molecular weight excluding hydrogens is 347 g/mol. The molecule has 1 aliphatic carbocycles. The largest absolute Gasteiger partial charge is 0.251 e. The van der Waals surface area contributed by atoms with Gasteiger partial charge >= 0.3 is 0 Å². The summed E-state index contributed by atoms with van der Waals surface area (Å²) in [6, 6.07) is 8.89. The summed E-state index contributed by atoms with van der Waals surface area (Å²) in [5.74, 6) is 0.806. The van der Waals surface area contributed by atoms with Crippen molar-refractivity contribution in [2.75, 3.05) is 6.67 Å². The number of rotatable bonds is 10. The molecule has 2 aromatic rings. The maximum Gasteiger partial charge on any atom is 0.159 e. The van der Waals surface area contributed by atoms with Crippen molar-refractivity contribution in [2.45, 2.75) is 89.4 Å². The lowest BCUT2D eigenvalue weighted by atomic mass is 9.66. The molecule has 152 valence electrons. The van der Waals surface area contributed by atoms with Crippen molar-refractivity contribution in [1.82, 2.24) is 9.97 Å². The van der Waals surface area contributed by atoms with Crippen LogP contribution in [0.1, 0.15) is 88.7 Å². The summed E-state index contributed by atoms with van der Waals surface area (Å²) in [5.41, 5.74) is 3.98. The zero-order valence-electron chi connectivity index (χ0n) is 17.4. The van der Waals surface area contributed by atoms with Gasteiger partial charge < -0.3 is 0 Å². The van der Waals surface area contributed by atoms with E-state index in [2.05, 4.69) is 41.2 Å². The van der Waals surface area contributed by atoms with Crippen molar-refractivity contribution >= 4 is 0 Å². The lowest BCUT2D eigenvalue weighted by Gasteiger charge is -2.38. The molecule has 2 nitrogen and oxygen atoms in total. The van der Waals surface area contributed by atoms with Gasteiger partial charge in [-0.2, -0.15) is 0 Å². The normalized spacial score (nSPS) is 16.2. The van der Waals surface area contributed by atoms with E-state index in [0.717, 1.165) is 30.7 Å². The van der Waals surface area contributed by atoms with Gasteiger partial charge in [0.1, 0.15) is 0 Å². The van der Waals surface area contributed by atoms with Gasteiger partial charge in [0, 0.05) is 18.0 Å². The topological polar surface area (TPSA) is 25.8 Å². The molecule has 1 heterocycles. The lowest BCUT2D eigenvalue weighted by Crippen LogP contribution is -2.29. The fraction of sp³-hybridized carbons (Fsp3) is 0.600. The molecule has 0 aliphatic heterocycles. The van der Waals surface area contributed by atoms with Gasteiger partial charge in [0.2, 0.25) is 0 Å². The Morgan fingerprint density at radius 3 is 2.25 bits per heavy atom. The summed E-state index contributed by atoms with van der Waals surface area (Å²) in [5, 5.41) is 0. The molecule has 3 rings (SSSR count). The van der Waals surface area contributed by atoms with E-state index in [1.165, 1.54) is 62.5 Å². The molecule has 3 heteroatoms. The fourth-order valence-corrected chi connectivity index (χ4v) is 4.65. The smallest absolute Gasteiger partial charge is 0.159 e. The van der Waals surface area contributed by atoms with Gasteiger partial charge in [-0.3, -0.25) is 4.39 Å². The van der Waals surface area contributed by atoms with Gasteiger partial charge in [-0.15, -0.1) is 0 Å². The molecule has 1 aromatic heterocycles. The van der Waals surface area contributed by atoms with Gasteiger partial charge in [0.05, 0.1) is 6.67 Å². The highest BCUT2D eigenvalue weighted by Crippen LogP contribution is 2.43. The predicted octanol–water partition coefficient (Wildman–Crippen LogP) is 7.22. The number of alkyl halides is 1. The maximum absolute atomic E-state index is 12.6. The van der Waals surface area contributed by atoms with Crippen LogP contribution in [0, 0.1) is 0 Å². The van der Waals surface area contributed by atoms with Crippen molar-refractivity contribution in [1.29, 1.82) is 0 Å². The summed E-state index contributed by atoms with van der Waals surface area (Å²) < 4.78 is 12.6. The molecular formula is C25H35FN2. The van der Waals surface area contributed by atoms with Crippen LogP contribution in [0.4, 0.5) is 4.39 Å². The van der Waals surface area contributed by atoms with Crippen molar-refractivity contribution in [2.24, 2.45) is 0 Å². The van der Waals surface area contributed by atoms with Gasteiger partial charge in [-0.1, -0.05) is 63.3 Å². The second-order valence-corrected chi connectivity index (χ2v) is 8.44. The first-order valence-corrected chi connectivity index (χ1v) is 11.3. The Hall–Kier alpha value is -1.77. The highest BCUT2D eigenvalue weighted by atomic mass is 19.1. The van der Waals surface area contributed by atoms with Crippen molar-refractivity contribution in [3.8, 4) is 11.4 Å². The molecule has 1 saturated carbocycles. The first kappa shape index (κ1) is 21.0. The van der Waals surface area contributed by atoms with E-state index in [-0.39, 0.29) is 12.1 Å². The number of benzene rings is 1. The number of hydrogen-bond acceptors (Lipinski definition) is 2. The quantitative estimate of drug-likeness (QED) is 0.405. The van der Waals surface area contributed by atoms with Crippen LogP contribution in [0.15, 0.2) is 36.7 Å². The van der Waals surface area contributed by atoms with Gasteiger partial charge in [0.15, 0.2) is 5.82 Å². The predicted molar refractivity (Wildman–Crippen MR) is 115 cm³/mol. The summed E-state index contributed by atoms with van der Waals surface area (Å²) in [4.78, 5) is 9.19. The molecule has 1 aromatic carbocycles. The van der Waals surface area contributed by atoms with E-state index >= 15 is 0 Å². The number of hydrogen-bond donors (Lipinski definition) is 0. The number of aromatic nitrogens is 2. The molecule has 0 unspecified atom stereocenters. The molecule has 28 heavy (non-hydrogen) atoms. The number of nitrogens with zero attached hydrogens (tertiary/aromatic N) is 2. The third-order valence-electron chi connectivity index (χ3n) is 6.38. The van der Waals surface area contributed by atoms with Crippen LogP contribution < -0.4 is 0 Å². The molecule has 0 bridgehead atoms. The Bertz CT molecular complexity index is 687. The van der Waals surface area contributed by atoms with Gasteiger partial charge in [-0.05, 0) is 61.5 Å². The minimum absolute atomic E-state index is 0.194. The van der Waals surface area contributed by atoms with E-state index in [1.54, 1.807) is 0 Å². The molecule has 1 fully saturated rings. The zero-order chi connectivity index (χ0) is 19.7. The van der Waals surface area contributed by atoms with E-state index in [4.69, 9.17) is 0 Å².